The molecule has 94 valence electrons. The molecule has 2 aliphatic carbocycles. The Labute approximate surface area is 101 Å². The molecule has 0 aromatic carbocycles. The van der Waals surface area contributed by atoms with Gasteiger partial charge in [-0.15, -0.1) is 0 Å². The first-order valence-electron chi connectivity index (χ1n) is 6.82. The Kier molecular flexibility index (Phi) is 3.09. The zero-order chi connectivity index (χ0) is 12.0. The predicted octanol–water partition coefficient (Wildman–Crippen LogP) is 2.62. The summed E-state index contributed by atoms with van der Waals surface area (Å²) >= 11 is 0. The Bertz CT molecular complexity index is 257. The van der Waals surface area contributed by atoms with Crippen molar-refractivity contribution in [2.45, 2.75) is 64.5 Å². The summed E-state index contributed by atoms with van der Waals surface area (Å²) in [5.74, 6) is 0.813. The summed E-state index contributed by atoms with van der Waals surface area (Å²) in [5, 5.41) is 0. The second kappa shape index (κ2) is 3.99. The highest BCUT2D eigenvalue weighted by Gasteiger charge is 2.47. The molecule has 2 N–H and O–H groups in total. The van der Waals surface area contributed by atoms with Crippen LogP contribution < -0.4 is 5.73 Å². The lowest BCUT2D eigenvalue weighted by atomic mass is 9.63. The van der Waals surface area contributed by atoms with Gasteiger partial charge in [-0.2, -0.15) is 0 Å². The molecule has 2 fully saturated rings. The maximum Gasteiger partial charge on any atom is 0.0339 e. The molecule has 0 bridgehead atoms. The molecule has 0 aliphatic heterocycles. The van der Waals surface area contributed by atoms with Crippen LogP contribution in [0.1, 0.15) is 52.9 Å². The fourth-order valence-corrected chi connectivity index (χ4v) is 4.12. The summed E-state index contributed by atoms with van der Waals surface area (Å²) < 4.78 is 0. The molecular formula is C14H28N2. The van der Waals surface area contributed by atoms with Crippen LogP contribution in [0.15, 0.2) is 0 Å². The molecule has 2 rings (SSSR count). The molecule has 2 saturated carbocycles. The van der Waals surface area contributed by atoms with E-state index in [1.807, 2.05) is 0 Å². The molecule has 2 unspecified atom stereocenters. The molecule has 2 atom stereocenters. The van der Waals surface area contributed by atoms with Gasteiger partial charge in [0, 0.05) is 18.1 Å². The molecule has 0 saturated heterocycles. The van der Waals surface area contributed by atoms with Gasteiger partial charge in [0.25, 0.3) is 0 Å². The number of hydrogen-bond donors (Lipinski definition) is 1. The van der Waals surface area contributed by atoms with Crippen molar-refractivity contribution in [3.05, 3.63) is 0 Å². The standard InChI is InChI=1S/C14H28N2/c1-11-7-13(2,3)9-14(8-11,10-15)16(4)12-5-6-12/h11-12H,5-10,15H2,1-4H3. The van der Waals surface area contributed by atoms with Crippen LogP contribution in [0.5, 0.6) is 0 Å². The van der Waals surface area contributed by atoms with Crippen molar-refractivity contribution in [3.63, 3.8) is 0 Å². The molecule has 0 aromatic heterocycles. The summed E-state index contributed by atoms with van der Waals surface area (Å²) in [6, 6.07) is 0.824. The Hall–Kier alpha value is -0.0800. The average molecular weight is 224 g/mol. The fourth-order valence-electron chi connectivity index (χ4n) is 4.12. The van der Waals surface area contributed by atoms with Gasteiger partial charge in [0.2, 0.25) is 0 Å². The summed E-state index contributed by atoms with van der Waals surface area (Å²) in [6.07, 6.45) is 6.68. The van der Waals surface area contributed by atoms with E-state index in [0.29, 0.717) is 5.41 Å². The van der Waals surface area contributed by atoms with Crippen LogP contribution in [-0.4, -0.2) is 30.1 Å². The Balaban J connectivity index is 2.18. The number of hydrogen-bond acceptors (Lipinski definition) is 2. The van der Waals surface area contributed by atoms with Gasteiger partial charge in [0.05, 0.1) is 0 Å². The smallest absolute Gasteiger partial charge is 0.0339 e. The van der Waals surface area contributed by atoms with E-state index in [2.05, 4.69) is 32.7 Å². The van der Waals surface area contributed by atoms with Gasteiger partial charge < -0.3 is 5.73 Å². The summed E-state index contributed by atoms with van der Waals surface area (Å²) in [5.41, 5.74) is 6.88. The van der Waals surface area contributed by atoms with E-state index < -0.39 is 0 Å². The van der Waals surface area contributed by atoms with Crippen LogP contribution in [0.25, 0.3) is 0 Å². The Morgan fingerprint density at radius 1 is 1.25 bits per heavy atom. The van der Waals surface area contributed by atoms with Crippen molar-refractivity contribution in [3.8, 4) is 0 Å². The van der Waals surface area contributed by atoms with E-state index in [1.165, 1.54) is 32.1 Å². The third kappa shape index (κ3) is 2.28. The second-order valence-corrected chi connectivity index (χ2v) is 7.12. The fraction of sp³-hybridized carbons (Fsp3) is 1.00. The average Bonchev–Trinajstić information content (AvgIpc) is 2.96. The van der Waals surface area contributed by atoms with Crippen molar-refractivity contribution in [2.24, 2.45) is 17.1 Å². The lowest BCUT2D eigenvalue weighted by Crippen LogP contribution is -2.58. The number of nitrogens with zero attached hydrogens (tertiary/aromatic N) is 1. The second-order valence-electron chi connectivity index (χ2n) is 7.12. The van der Waals surface area contributed by atoms with Crippen molar-refractivity contribution in [1.29, 1.82) is 0 Å². The van der Waals surface area contributed by atoms with Gasteiger partial charge in [-0.05, 0) is 50.5 Å². The lowest BCUT2D eigenvalue weighted by Gasteiger charge is -2.52. The third-order valence-electron chi connectivity index (χ3n) is 4.66. The van der Waals surface area contributed by atoms with E-state index in [0.717, 1.165) is 18.5 Å². The lowest BCUT2D eigenvalue weighted by molar-refractivity contribution is -0.00121. The van der Waals surface area contributed by atoms with Gasteiger partial charge in [-0.1, -0.05) is 20.8 Å². The van der Waals surface area contributed by atoms with Crippen LogP contribution in [0, 0.1) is 11.3 Å². The van der Waals surface area contributed by atoms with E-state index in [-0.39, 0.29) is 5.54 Å². The largest absolute Gasteiger partial charge is 0.329 e. The highest BCUT2D eigenvalue weighted by molar-refractivity contribution is 5.04. The van der Waals surface area contributed by atoms with Crippen LogP contribution in [0.4, 0.5) is 0 Å². The zero-order valence-corrected chi connectivity index (χ0v) is 11.4. The minimum atomic E-state index is 0.280. The molecule has 0 spiro atoms. The van der Waals surface area contributed by atoms with E-state index in [1.54, 1.807) is 0 Å². The van der Waals surface area contributed by atoms with Crippen molar-refractivity contribution in [2.75, 3.05) is 13.6 Å². The first-order valence-corrected chi connectivity index (χ1v) is 6.82. The highest BCUT2D eigenvalue weighted by Crippen LogP contribution is 2.48. The first kappa shape index (κ1) is 12.4. The van der Waals surface area contributed by atoms with E-state index in [9.17, 15) is 0 Å². The van der Waals surface area contributed by atoms with Gasteiger partial charge in [-0.3, -0.25) is 4.90 Å². The van der Waals surface area contributed by atoms with E-state index >= 15 is 0 Å². The number of likely N-dealkylation sites (N-methyl/N-ethyl adjacent to an activating group) is 1. The SMILES string of the molecule is CC1CC(C)(C)CC(CN)(N(C)C2CC2)C1. The molecule has 0 aromatic rings. The summed E-state index contributed by atoms with van der Waals surface area (Å²) in [6.45, 7) is 8.04. The first-order chi connectivity index (χ1) is 7.38. The quantitative estimate of drug-likeness (QED) is 0.798. The van der Waals surface area contributed by atoms with Gasteiger partial charge in [0.15, 0.2) is 0 Å². The zero-order valence-electron chi connectivity index (χ0n) is 11.4. The molecule has 0 heterocycles. The summed E-state index contributed by atoms with van der Waals surface area (Å²) in [4.78, 5) is 2.62. The highest BCUT2D eigenvalue weighted by atomic mass is 15.2. The molecule has 2 heteroatoms. The predicted molar refractivity (Wildman–Crippen MR) is 69.4 cm³/mol. The number of rotatable bonds is 3. The third-order valence-corrected chi connectivity index (χ3v) is 4.66. The van der Waals surface area contributed by atoms with Gasteiger partial charge in [-0.25, -0.2) is 0 Å². The molecule has 0 radical (unpaired) electrons. The Morgan fingerprint density at radius 2 is 1.88 bits per heavy atom. The molecule has 0 amide bonds. The van der Waals surface area contributed by atoms with Crippen LogP contribution >= 0.6 is 0 Å². The normalized spacial score (nSPS) is 39.0. The molecule has 16 heavy (non-hydrogen) atoms. The van der Waals surface area contributed by atoms with Crippen LogP contribution in [-0.2, 0) is 0 Å². The monoisotopic (exact) mass is 224 g/mol. The maximum absolute atomic E-state index is 6.15. The van der Waals surface area contributed by atoms with Crippen molar-refractivity contribution in [1.82, 2.24) is 4.90 Å². The van der Waals surface area contributed by atoms with Crippen LogP contribution in [0.3, 0.4) is 0 Å². The van der Waals surface area contributed by atoms with Gasteiger partial charge >= 0.3 is 0 Å². The van der Waals surface area contributed by atoms with Crippen molar-refractivity contribution >= 4 is 0 Å². The summed E-state index contributed by atoms with van der Waals surface area (Å²) in [7, 11) is 2.30. The van der Waals surface area contributed by atoms with E-state index in [4.69, 9.17) is 5.73 Å². The molecule has 2 nitrogen and oxygen atoms in total. The minimum absolute atomic E-state index is 0.280. The van der Waals surface area contributed by atoms with Crippen molar-refractivity contribution < 1.29 is 0 Å². The maximum atomic E-state index is 6.15. The van der Waals surface area contributed by atoms with Gasteiger partial charge in [0.1, 0.15) is 0 Å². The minimum Gasteiger partial charge on any atom is -0.329 e. The van der Waals surface area contributed by atoms with Crippen LogP contribution in [0.2, 0.25) is 0 Å². The molecular weight excluding hydrogens is 196 g/mol. The number of nitrogens with two attached hydrogens (primary N) is 1. The Morgan fingerprint density at radius 3 is 2.31 bits per heavy atom. The topological polar surface area (TPSA) is 29.3 Å². The molecule has 2 aliphatic rings.